The first kappa shape index (κ1) is 28.7. The van der Waals surface area contributed by atoms with Crippen LogP contribution in [0.4, 0.5) is 0 Å². The zero-order chi connectivity index (χ0) is 24.0. The molecular weight excluding hydrogens is 486 g/mol. The highest BCUT2D eigenvalue weighted by molar-refractivity contribution is 6.42. The molecule has 1 unspecified atom stereocenters. The molecule has 0 N–H and O–H groups in total. The fourth-order valence-electron chi connectivity index (χ4n) is 2.02. The van der Waals surface area contributed by atoms with Gasteiger partial charge in [0, 0.05) is 29.3 Å². The van der Waals surface area contributed by atoms with Crippen molar-refractivity contribution in [2.75, 3.05) is 13.0 Å². The second-order valence-electron chi connectivity index (χ2n) is 5.52. The molecule has 0 amide bonds. The number of aromatic nitrogens is 2. The van der Waals surface area contributed by atoms with Gasteiger partial charge in [0.05, 0.1) is 10.0 Å². The summed E-state index contributed by atoms with van der Waals surface area (Å²) in [6, 6.07) is 4.61. The average molecular weight is 507 g/mol. The third kappa shape index (κ3) is 9.58. The maximum atomic E-state index is 12.2. The van der Waals surface area contributed by atoms with Crippen LogP contribution in [0.25, 0.3) is 0 Å². The lowest BCUT2D eigenvalue weighted by Gasteiger charge is -1.98. The van der Waals surface area contributed by atoms with Gasteiger partial charge in [-0.25, -0.2) is 0 Å². The Morgan fingerprint density at radius 2 is 1.97 bits per heavy atom. The van der Waals surface area contributed by atoms with E-state index in [0.29, 0.717) is 32.8 Å². The molecule has 0 spiro atoms. The molecule has 166 valence electrons. The lowest BCUT2D eigenvalue weighted by Crippen LogP contribution is -2.41. The number of halogens is 4. The van der Waals surface area contributed by atoms with Crippen LogP contribution in [0.1, 0.15) is 28.7 Å². The molecule has 0 saturated heterocycles. The van der Waals surface area contributed by atoms with Gasteiger partial charge in [-0.3, -0.25) is 9.59 Å². The van der Waals surface area contributed by atoms with E-state index in [1.807, 2.05) is 0 Å². The van der Waals surface area contributed by atoms with Crippen LogP contribution in [0.2, 0.25) is 10.0 Å². The number of hydrogen-bond donors (Lipinski definition) is 0. The van der Waals surface area contributed by atoms with Crippen molar-refractivity contribution < 1.29 is 24.0 Å². The molecule has 0 radical (unpaired) electrons. The van der Waals surface area contributed by atoms with Crippen LogP contribution in [0.15, 0.2) is 46.6 Å². The molecule has 0 aliphatic rings. The quantitative estimate of drug-likeness (QED) is 0.136. The molecule has 0 saturated carbocycles. The minimum absolute atomic E-state index is 0.129. The van der Waals surface area contributed by atoms with Gasteiger partial charge in [0.1, 0.15) is 18.3 Å². The number of hydrogen-bond acceptors (Lipinski definition) is 5. The predicted octanol–water partition coefficient (Wildman–Crippen LogP) is 4.65. The van der Waals surface area contributed by atoms with E-state index >= 15 is 0 Å². The SMILES string of the molecule is C#C.CC(Cl)/C=C(C=O)\C=C/CCl.CO[n+]1onc(C(=O)c2ccc(Cl)c(Cl)c2)c1C. The predicted molar refractivity (Wildman–Crippen MR) is 123 cm³/mol. The zero-order valence-corrected chi connectivity index (χ0v) is 20.0. The molecule has 1 aromatic heterocycles. The van der Waals surface area contributed by atoms with E-state index in [-0.39, 0.29) is 16.9 Å². The molecular formula is C21H21Cl4N2O4+. The Hall–Kier alpha value is -2.30. The molecule has 10 heteroatoms. The van der Waals surface area contributed by atoms with E-state index < -0.39 is 0 Å². The molecule has 1 atom stereocenters. The van der Waals surface area contributed by atoms with Crippen molar-refractivity contribution in [1.82, 2.24) is 5.16 Å². The molecule has 1 aromatic carbocycles. The first-order valence-corrected chi connectivity index (χ1v) is 10.3. The van der Waals surface area contributed by atoms with Gasteiger partial charge in [-0.05, 0) is 29.8 Å². The summed E-state index contributed by atoms with van der Waals surface area (Å²) >= 11 is 22.7. The Balaban J connectivity index is 0.000000599. The van der Waals surface area contributed by atoms with Gasteiger partial charge in [0.25, 0.3) is 5.69 Å². The Bertz CT molecular complexity index is 950. The topological polar surface area (TPSA) is 73.3 Å². The number of aldehydes is 1. The van der Waals surface area contributed by atoms with Crippen LogP contribution < -0.4 is 9.74 Å². The fraction of sp³-hybridized carbons (Fsp3) is 0.238. The lowest BCUT2D eigenvalue weighted by atomic mass is 10.1. The number of carbonyl (C=O) groups is 2. The van der Waals surface area contributed by atoms with Gasteiger partial charge >= 0.3 is 5.69 Å². The highest BCUT2D eigenvalue weighted by Gasteiger charge is 2.29. The number of nitrogens with zero attached hydrogens (tertiary/aromatic N) is 2. The van der Waals surface area contributed by atoms with E-state index in [2.05, 4.69) is 18.0 Å². The summed E-state index contributed by atoms with van der Waals surface area (Å²) in [5.41, 5.74) is 1.57. The monoisotopic (exact) mass is 505 g/mol. The maximum absolute atomic E-state index is 12.2. The summed E-state index contributed by atoms with van der Waals surface area (Å²) in [5, 5.41) is 4.22. The number of alkyl halides is 2. The third-order valence-corrected chi connectivity index (χ3v) is 4.39. The number of rotatable bonds is 7. The standard InChI is InChI=1S/C11H9Cl2N2O3.C8H10Cl2O.C2H2/c1-6-10(14-18-15(6)17-2)11(16)7-3-4-8(12)9(13)5-7;1-7(10)5-8(6-11)3-2-4-9;1-2/h3-5H,1-2H3;2-3,5-7H,4H2,1H3;1-2H/q+1;;/b;3-2-,8-5+;. The summed E-state index contributed by atoms with van der Waals surface area (Å²) in [6.07, 6.45) is 13.8. The number of allylic oxidation sites excluding steroid dienone is 4. The maximum Gasteiger partial charge on any atom is 0.321 e. The molecule has 2 aromatic rings. The highest BCUT2D eigenvalue weighted by Crippen LogP contribution is 2.23. The Kier molecular flexibility index (Phi) is 14.3. The van der Waals surface area contributed by atoms with Gasteiger partial charge in [0.2, 0.25) is 5.78 Å². The van der Waals surface area contributed by atoms with Gasteiger partial charge in [-0.1, -0.05) is 41.4 Å². The summed E-state index contributed by atoms with van der Waals surface area (Å²) in [7, 11) is 1.41. The summed E-state index contributed by atoms with van der Waals surface area (Å²) in [5.74, 6) is 0.0904. The van der Waals surface area contributed by atoms with Gasteiger partial charge < -0.3 is 4.84 Å². The van der Waals surface area contributed by atoms with Crippen molar-refractivity contribution in [1.29, 1.82) is 0 Å². The Morgan fingerprint density at radius 3 is 2.42 bits per heavy atom. The summed E-state index contributed by atoms with van der Waals surface area (Å²) in [6.45, 7) is 3.45. The summed E-state index contributed by atoms with van der Waals surface area (Å²) < 4.78 is 4.81. The van der Waals surface area contributed by atoms with Crippen molar-refractivity contribution in [2.24, 2.45) is 0 Å². The fourth-order valence-corrected chi connectivity index (χ4v) is 2.55. The molecule has 0 bridgehead atoms. The zero-order valence-electron chi connectivity index (χ0n) is 17.0. The number of ketones is 1. The van der Waals surface area contributed by atoms with Gasteiger partial charge in [0.15, 0.2) is 5.16 Å². The molecule has 1 heterocycles. The van der Waals surface area contributed by atoms with Crippen LogP contribution in [-0.4, -0.2) is 35.6 Å². The van der Waals surface area contributed by atoms with Crippen molar-refractivity contribution in [2.45, 2.75) is 19.2 Å². The molecule has 0 fully saturated rings. The highest BCUT2D eigenvalue weighted by atomic mass is 35.5. The van der Waals surface area contributed by atoms with E-state index in [1.54, 1.807) is 44.2 Å². The van der Waals surface area contributed by atoms with Crippen LogP contribution in [0.5, 0.6) is 0 Å². The number of carbonyl (C=O) groups excluding carboxylic acids is 2. The molecule has 6 nitrogen and oxygen atoms in total. The van der Waals surface area contributed by atoms with Crippen LogP contribution >= 0.6 is 46.4 Å². The van der Waals surface area contributed by atoms with E-state index in [0.717, 1.165) is 11.2 Å². The number of benzene rings is 1. The summed E-state index contributed by atoms with van der Waals surface area (Å²) in [4.78, 5) is 28.4. The van der Waals surface area contributed by atoms with E-state index in [9.17, 15) is 9.59 Å². The van der Waals surface area contributed by atoms with E-state index in [4.69, 9.17) is 55.9 Å². The Morgan fingerprint density at radius 1 is 1.32 bits per heavy atom. The largest absolute Gasteiger partial charge is 0.321 e. The van der Waals surface area contributed by atoms with Crippen LogP contribution in [0, 0.1) is 19.8 Å². The molecule has 0 aliphatic carbocycles. The van der Waals surface area contributed by atoms with Crippen LogP contribution in [0.3, 0.4) is 0 Å². The minimum Gasteiger partial charge on any atom is -0.305 e. The Labute approximate surface area is 201 Å². The van der Waals surface area contributed by atoms with E-state index in [1.165, 1.54) is 13.2 Å². The molecule has 31 heavy (non-hydrogen) atoms. The van der Waals surface area contributed by atoms with Gasteiger partial charge in [-0.2, -0.15) is 0 Å². The minimum atomic E-state index is -0.314. The van der Waals surface area contributed by atoms with Crippen LogP contribution in [-0.2, 0) is 4.79 Å². The van der Waals surface area contributed by atoms with Crippen molar-refractivity contribution in [3.8, 4) is 12.8 Å². The molecule has 0 aliphatic heterocycles. The third-order valence-electron chi connectivity index (χ3n) is 3.34. The van der Waals surface area contributed by atoms with Crippen molar-refractivity contribution in [3.63, 3.8) is 0 Å². The normalized spacial score (nSPS) is 11.6. The van der Waals surface area contributed by atoms with Crippen molar-refractivity contribution in [3.05, 3.63) is 69.0 Å². The number of terminal acetylenes is 1. The molecule has 2 rings (SSSR count). The first-order valence-electron chi connectivity index (χ1n) is 8.55. The smallest absolute Gasteiger partial charge is 0.305 e. The average Bonchev–Trinajstić information content (AvgIpc) is 3.14. The second kappa shape index (κ2) is 15.5. The van der Waals surface area contributed by atoms with Gasteiger partial charge in [-0.15, -0.1) is 36.0 Å². The second-order valence-corrected chi connectivity index (χ2v) is 7.33. The lowest BCUT2D eigenvalue weighted by molar-refractivity contribution is -1.02. The first-order chi connectivity index (χ1) is 14.7. The van der Waals surface area contributed by atoms with Crippen molar-refractivity contribution >= 4 is 58.5 Å².